The van der Waals surface area contributed by atoms with Crippen LogP contribution >= 0.6 is 11.6 Å². The molecule has 1 heterocycles. The van der Waals surface area contributed by atoms with Gasteiger partial charge in [-0.2, -0.15) is 13.2 Å². The SMILES string of the molecule is C=CC(=O)NC1(c2ccc(Oc3ncc(C)cc3NS(=O)(=O)c3ccc(Cl)c(C(F)(F)F)c3)cc2)CC1. The Kier molecular flexibility index (Phi) is 6.95. The third-order valence-corrected chi connectivity index (χ3v) is 7.40. The Labute approximate surface area is 216 Å². The molecule has 12 heteroatoms. The van der Waals surface area contributed by atoms with Gasteiger partial charge in [-0.3, -0.25) is 9.52 Å². The topological polar surface area (TPSA) is 97.4 Å². The van der Waals surface area contributed by atoms with Crippen LogP contribution in [0.1, 0.15) is 29.5 Å². The maximum atomic E-state index is 13.2. The van der Waals surface area contributed by atoms with Gasteiger partial charge in [-0.25, -0.2) is 13.4 Å². The smallest absolute Gasteiger partial charge is 0.417 e. The number of amides is 1. The van der Waals surface area contributed by atoms with Gasteiger partial charge in [-0.15, -0.1) is 0 Å². The van der Waals surface area contributed by atoms with Crippen molar-refractivity contribution in [2.24, 2.45) is 0 Å². The van der Waals surface area contributed by atoms with Crippen molar-refractivity contribution in [2.45, 2.75) is 36.4 Å². The molecule has 0 spiro atoms. The van der Waals surface area contributed by atoms with Crippen LogP contribution in [0.4, 0.5) is 18.9 Å². The fraction of sp³-hybridized carbons (Fsp3) is 0.200. The molecule has 2 aromatic carbocycles. The molecule has 0 unspecified atom stereocenters. The van der Waals surface area contributed by atoms with Gasteiger partial charge in [0, 0.05) is 6.20 Å². The summed E-state index contributed by atoms with van der Waals surface area (Å²) in [6.07, 6.45) is -0.619. The highest BCUT2D eigenvalue weighted by atomic mass is 35.5. The lowest BCUT2D eigenvalue weighted by Gasteiger charge is -2.18. The number of ether oxygens (including phenoxy) is 1. The molecule has 37 heavy (non-hydrogen) atoms. The third-order valence-electron chi connectivity index (χ3n) is 5.71. The number of hydrogen-bond acceptors (Lipinski definition) is 5. The molecule has 2 N–H and O–H groups in total. The summed E-state index contributed by atoms with van der Waals surface area (Å²) in [5, 5.41) is 2.29. The number of pyridine rings is 1. The number of carbonyl (C=O) groups excluding carboxylic acids is 1. The normalized spacial score (nSPS) is 14.5. The Morgan fingerprint density at radius 3 is 2.43 bits per heavy atom. The number of nitrogens with one attached hydrogen (secondary N) is 2. The number of aryl methyl sites for hydroxylation is 1. The summed E-state index contributed by atoms with van der Waals surface area (Å²) < 4.78 is 73.6. The molecule has 194 valence electrons. The van der Waals surface area contributed by atoms with Crippen molar-refractivity contribution < 1.29 is 31.1 Å². The Morgan fingerprint density at radius 1 is 1.16 bits per heavy atom. The highest BCUT2D eigenvalue weighted by molar-refractivity contribution is 7.92. The highest BCUT2D eigenvalue weighted by Gasteiger charge is 2.45. The molecule has 3 aromatic rings. The first-order valence-corrected chi connectivity index (χ1v) is 12.8. The van der Waals surface area contributed by atoms with Crippen molar-refractivity contribution >= 4 is 33.2 Å². The first-order valence-electron chi connectivity index (χ1n) is 10.9. The lowest BCUT2D eigenvalue weighted by molar-refractivity contribution is -0.137. The molecule has 0 atom stereocenters. The van der Waals surface area contributed by atoms with Crippen LogP contribution in [0, 0.1) is 6.92 Å². The van der Waals surface area contributed by atoms with E-state index in [0.29, 0.717) is 17.4 Å². The van der Waals surface area contributed by atoms with Crippen LogP contribution in [0.3, 0.4) is 0 Å². The Bertz CT molecular complexity index is 1470. The van der Waals surface area contributed by atoms with E-state index in [1.54, 1.807) is 31.2 Å². The quantitative estimate of drug-likeness (QED) is 0.337. The minimum absolute atomic E-state index is 0.0653. The van der Waals surface area contributed by atoms with Gasteiger partial charge < -0.3 is 10.1 Å². The molecule has 7 nitrogen and oxygen atoms in total. The number of hydrogen-bond donors (Lipinski definition) is 2. The van der Waals surface area contributed by atoms with E-state index in [4.69, 9.17) is 16.3 Å². The number of sulfonamides is 1. The average molecular weight is 552 g/mol. The zero-order valence-corrected chi connectivity index (χ0v) is 21.0. The number of benzene rings is 2. The molecule has 0 radical (unpaired) electrons. The van der Waals surface area contributed by atoms with Crippen LogP contribution in [-0.2, 0) is 26.5 Å². The first kappa shape index (κ1) is 26.5. The molecule has 1 amide bonds. The van der Waals surface area contributed by atoms with E-state index in [-0.39, 0.29) is 17.5 Å². The van der Waals surface area contributed by atoms with E-state index >= 15 is 0 Å². The largest absolute Gasteiger partial charge is 0.437 e. The predicted octanol–water partition coefficient (Wildman–Crippen LogP) is 5.95. The van der Waals surface area contributed by atoms with Crippen molar-refractivity contribution in [3.05, 3.63) is 89.1 Å². The van der Waals surface area contributed by atoms with Gasteiger partial charge in [-0.1, -0.05) is 30.3 Å². The fourth-order valence-corrected chi connectivity index (χ4v) is 4.95. The number of rotatable bonds is 8. The van der Waals surface area contributed by atoms with Crippen LogP contribution in [0.25, 0.3) is 0 Å². The molecule has 1 aliphatic carbocycles. The maximum Gasteiger partial charge on any atom is 0.417 e. The Morgan fingerprint density at radius 2 is 1.84 bits per heavy atom. The summed E-state index contributed by atoms with van der Waals surface area (Å²) in [7, 11) is -4.45. The van der Waals surface area contributed by atoms with Crippen molar-refractivity contribution in [3.8, 4) is 11.6 Å². The number of alkyl halides is 3. The van der Waals surface area contributed by atoms with Crippen LogP contribution in [0.5, 0.6) is 11.6 Å². The lowest BCUT2D eigenvalue weighted by Crippen LogP contribution is -2.33. The van der Waals surface area contributed by atoms with E-state index in [1.807, 2.05) is 0 Å². The number of anilines is 1. The van der Waals surface area contributed by atoms with Crippen molar-refractivity contribution in [2.75, 3.05) is 4.72 Å². The van der Waals surface area contributed by atoms with E-state index in [9.17, 15) is 26.4 Å². The summed E-state index contributed by atoms with van der Waals surface area (Å²) in [6.45, 7) is 5.13. The maximum absolute atomic E-state index is 13.2. The van der Waals surface area contributed by atoms with Crippen LogP contribution in [-0.4, -0.2) is 19.3 Å². The molecule has 0 saturated heterocycles. The zero-order chi connectivity index (χ0) is 27.0. The first-order chi connectivity index (χ1) is 17.3. The second-order valence-electron chi connectivity index (χ2n) is 8.51. The van der Waals surface area contributed by atoms with Crippen molar-refractivity contribution in [1.82, 2.24) is 10.3 Å². The molecule has 1 aliphatic rings. The van der Waals surface area contributed by atoms with Gasteiger partial charge in [-0.05, 0) is 73.4 Å². The van der Waals surface area contributed by atoms with E-state index < -0.39 is 37.2 Å². The van der Waals surface area contributed by atoms with Crippen molar-refractivity contribution in [1.29, 1.82) is 0 Å². The highest BCUT2D eigenvalue weighted by Crippen LogP contribution is 2.46. The Balaban J connectivity index is 1.58. The van der Waals surface area contributed by atoms with Gasteiger partial charge in [0.2, 0.25) is 11.8 Å². The zero-order valence-electron chi connectivity index (χ0n) is 19.4. The van der Waals surface area contributed by atoms with Crippen LogP contribution < -0.4 is 14.8 Å². The molecule has 0 bridgehead atoms. The Hall–Kier alpha value is -3.57. The standard InChI is InChI=1S/C25H21ClF3N3O4S/c1-3-22(33)31-24(10-11-24)16-4-6-17(7-5-16)36-23-21(12-15(2)14-30-23)32-37(34,35)18-8-9-20(26)19(13-18)25(27,28)29/h3-9,12-14,32H,1,10-11H2,2H3,(H,31,33). The predicted molar refractivity (Wildman–Crippen MR) is 132 cm³/mol. The molecule has 1 fully saturated rings. The summed E-state index contributed by atoms with van der Waals surface area (Å²) in [5.41, 5.74) is -0.337. The summed E-state index contributed by atoms with van der Waals surface area (Å²) in [6, 6.07) is 10.6. The second kappa shape index (κ2) is 9.71. The van der Waals surface area contributed by atoms with E-state index in [2.05, 4.69) is 21.6 Å². The fourth-order valence-electron chi connectivity index (χ4n) is 3.65. The molecule has 0 aliphatic heterocycles. The average Bonchev–Trinajstić information content (AvgIpc) is 3.60. The number of aromatic nitrogens is 1. The monoisotopic (exact) mass is 551 g/mol. The summed E-state index contributed by atoms with van der Waals surface area (Å²) >= 11 is 5.61. The molecular formula is C25H21ClF3N3O4S. The van der Waals surface area contributed by atoms with Crippen molar-refractivity contribution in [3.63, 3.8) is 0 Å². The van der Waals surface area contributed by atoms with Gasteiger partial charge in [0.15, 0.2) is 0 Å². The molecule has 1 aromatic heterocycles. The summed E-state index contributed by atoms with van der Waals surface area (Å²) in [5.74, 6) is -0.0491. The molecule has 1 saturated carbocycles. The number of nitrogens with zero attached hydrogens (tertiary/aromatic N) is 1. The minimum Gasteiger partial charge on any atom is -0.437 e. The number of halogens is 4. The van der Waals surface area contributed by atoms with Crippen LogP contribution in [0.2, 0.25) is 5.02 Å². The lowest BCUT2D eigenvalue weighted by atomic mass is 10.0. The summed E-state index contributed by atoms with van der Waals surface area (Å²) in [4.78, 5) is 15.2. The van der Waals surface area contributed by atoms with Gasteiger partial charge in [0.25, 0.3) is 10.0 Å². The van der Waals surface area contributed by atoms with Gasteiger partial charge >= 0.3 is 6.18 Å². The number of carbonyl (C=O) groups is 1. The molecule has 4 rings (SSSR count). The minimum atomic E-state index is -4.83. The second-order valence-corrected chi connectivity index (χ2v) is 10.6. The van der Waals surface area contributed by atoms with E-state index in [1.165, 1.54) is 18.3 Å². The van der Waals surface area contributed by atoms with Gasteiger partial charge in [0.05, 0.1) is 21.0 Å². The molecular weight excluding hydrogens is 531 g/mol. The third kappa shape index (κ3) is 5.89. The van der Waals surface area contributed by atoms with Crippen LogP contribution in [0.15, 0.2) is 72.3 Å². The van der Waals surface area contributed by atoms with Gasteiger partial charge in [0.1, 0.15) is 11.4 Å². The van der Waals surface area contributed by atoms with E-state index in [0.717, 1.165) is 30.5 Å².